The lowest BCUT2D eigenvalue weighted by atomic mass is 10.0. The van der Waals surface area contributed by atoms with Crippen molar-refractivity contribution in [2.24, 2.45) is 0 Å². The molecule has 6 heteroatoms. The van der Waals surface area contributed by atoms with Crippen molar-refractivity contribution in [2.45, 2.75) is 252 Å². The molecular formula is C64H104O6. The van der Waals surface area contributed by atoms with E-state index < -0.39 is 12.1 Å². The van der Waals surface area contributed by atoms with E-state index in [1.807, 2.05) is 6.08 Å². The fourth-order valence-corrected chi connectivity index (χ4v) is 7.54. The number of carbonyl (C=O) groups is 3. The summed E-state index contributed by atoms with van der Waals surface area (Å²) in [4.78, 5) is 38.0. The molecule has 0 saturated carbocycles. The molecule has 0 saturated heterocycles. The normalized spacial score (nSPS) is 13.0. The summed E-state index contributed by atoms with van der Waals surface area (Å²) in [6.45, 7) is 6.32. The van der Waals surface area contributed by atoms with Gasteiger partial charge in [0.25, 0.3) is 0 Å². The van der Waals surface area contributed by atoms with Crippen LogP contribution in [0, 0.1) is 0 Å². The van der Waals surface area contributed by atoms with Crippen molar-refractivity contribution in [1.29, 1.82) is 0 Å². The van der Waals surface area contributed by atoms with Gasteiger partial charge in [-0.25, -0.2) is 0 Å². The Morgan fingerprint density at radius 2 is 0.600 bits per heavy atom. The van der Waals surface area contributed by atoms with E-state index in [0.717, 1.165) is 109 Å². The van der Waals surface area contributed by atoms with Crippen LogP contribution >= 0.6 is 0 Å². The van der Waals surface area contributed by atoms with Crippen LogP contribution in [0.5, 0.6) is 0 Å². The maximum absolute atomic E-state index is 12.8. The summed E-state index contributed by atoms with van der Waals surface area (Å²) in [5.41, 5.74) is 0. The average Bonchev–Trinajstić information content (AvgIpc) is 3.36. The maximum atomic E-state index is 12.8. The number of unbranched alkanes of at least 4 members (excludes halogenated alkanes) is 20. The number of ether oxygens (including phenoxy) is 3. The maximum Gasteiger partial charge on any atom is 0.310 e. The molecule has 0 aliphatic rings. The zero-order valence-electron chi connectivity index (χ0n) is 45.2. The Morgan fingerprint density at radius 1 is 0.314 bits per heavy atom. The molecule has 0 bridgehead atoms. The lowest BCUT2D eigenvalue weighted by molar-refractivity contribution is -0.166. The predicted octanol–water partition coefficient (Wildman–Crippen LogP) is 19.3. The van der Waals surface area contributed by atoms with Gasteiger partial charge in [-0.2, -0.15) is 0 Å². The number of hydrogen-bond donors (Lipinski definition) is 0. The molecule has 0 heterocycles. The van der Waals surface area contributed by atoms with Crippen LogP contribution in [0.3, 0.4) is 0 Å². The Bertz CT molecular complexity index is 1490. The van der Waals surface area contributed by atoms with Crippen LogP contribution in [0.4, 0.5) is 0 Å². The topological polar surface area (TPSA) is 78.9 Å². The van der Waals surface area contributed by atoms with Crippen molar-refractivity contribution in [3.05, 3.63) is 122 Å². The number of carbonyl (C=O) groups excluding carboxylic acids is 3. The van der Waals surface area contributed by atoms with Crippen LogP contribution in [-0.4, -0.2) is 37.2 Å². The zero-order valence-corrected chi connectivity index (χ0v) is 45.2. The van der Waals surface area contributed by atoms with Gasteiger partial charge in [0.05, 0.1) is 6.42 Å². The van der Waals surface area contributed by atoms with Crippen LogP contribution in [0.15, 0.2) is 122 Å². The Morgan fingerprint density at radius 3 is 0.943 bits per heavy atom. The minimum atomic E-state index is -0.836. The lowest BCUT2D eigenvalue weighted by Crippen LogP contribution is -2.30. The molecule has 0 aliphatic heterocycles. The Balaban J connectivity index is 4.40. The zero-order chi connectivity index (χ0) is 50.7. The fraction of sp³-hybridized carbons (Fsp3) is 0.641. The first kappa shape index (κ1) is 65.8. The number of allylic oxidation sites excluding steroid dienone is 19. The summed E-state index contributed by atoms with van der Waals surface area (Å²) in [6, 6.07) is 0. The van der Waals surface area contributed by atoms with E-state index in [2.05, 4.69) is 130 Å². The number of hydrogen-bond acceptors (Lipinski definition) is 6. The van der Waals surface area contributed by atoms with Crippen molar-refractivity contribution in [3.8, 4) is 0 Å². The molecule has 396 valence electrons. The minimum absolute atomic E-state index is 0.0931. The molecule has 70 heavy (non-hydrogen) atoms. The summed E-state index contributed by atoms with van der Waals surface area (Å²) in [6.07, 6.45) is 79.3. The van der Waals surface area contributed by atoms with E-state index in [9.17, 15) is 14.4 Å². The fourth-order valence-electron chi connectivity index (χ4n) is 7.54. The van der Waals surface area contributed by atoms with E-state index in [4.69, 9.17) is 14.2 Å². The highest BCUT2D eigenvalue weighted by Crippen LogP contribution is 2.15. The molecule has 0 aromatic rings. The van der Waals surface area contributed by atoms with Gasteiger partial charge < -0.3 is 14.2 Å². The van der Waals surface area contributed by atoms with E-state index in [1.165, 1.54) is 96.3 Å². The van der Waals surface area contributed by atoms with Gasteiger partial charge >= 0.3 is 17.9 Å². The van der Waals surface area contributed by atoms with Crippen LogP contribution in [-0.2, 0) is 28.6 Å². The van der Waals surface area contributed by atoms with Crippen molar-refractivity contribution in [3.63, 3.8) is 0 Å². The molecule has 0 aromatic heterocycles. The molecule has 0 aromatic carbocycles. The average molecular weight is 970 g/mol. The molecule has 1 unspecified atom stereocenters. The molecule has 0 fully saturated rings. The predicted molar refractivity (Wildman–Crippen MR) is 302 cm³/mol. The standard InChI is InChI=1S/C64H104O6/c1-4-7-10-13-16-19-22-25-27-28-29-30-31-32-33-34-35-36-38-39-42-45-48-51-54-57-63(66)69-60-61(59-68-62(65)56-53-50-47-44-41-24-21-18-15-12-9-6-3)70-64(67)58-55-52-49-46-43-40-37-26-23-20-17-14-11-8-5-2/h7-8,10-11,16-17,19-20,25-27,29-30,32-33,37,43,46,52,55,61H,4-6,9,12-15,18,21-24,28,31,34-36,38-42,44-45,47-51,53-54,56-60H2,1-3H3/b10-7-,11-8-,19-16-,20-17-,27-25-,30-29-,33-32-,37-26-,46-43-,55-52-. The minimum Gasteiger partial charge on any atom is -0.462 e. The highest BCUT2D eigenvalue weighted by Gasteiger charge is 2.19. The second-order valence-electron chi connectivity index (χ2n) is 18.5. The van der Waals surface area contributed by atoms with E-state index >= 15 is 0 Å². The smallest absolute Gasteiger partial charge is 0.310 e. The van der Waals surface area contributed by atoms with E-state index in [-0.39, 0.29) is 31.6 Å². The summed E-state index contributed by atoms with van der Waals surface area (Å²) in [7, 11) is 0. The van der Waals surface area contributed by atoms with Crippen LogP contribution in [0.2, 0.25) is 0 Å². The number of rotatable bonds is 50. The van der Waals surface area contributed by atoms with Gasteiger partial charge in [-0.3, -0.25) is 14.4 Å². The Hall–Kier alpha value is -4.19. The molecule has 0 rings (SSSR count). The summed E-state index contributed by atoms with van der Waals surface area (Å²) in [5.74, 6) is -1.06. The van der Waals surface area contributed by atoms with Crippen LogP contribution < -0.4 is 0 Å². The molecule has 0 N–H and O–H groups in total. The molecule has 1 atom stereocenters. The third-order valence-corrected chi connectivity index (χ3v) is 11.7. The Kier molecular flexibility index (Phi) is 54.0. The molecule has 0 aliphatic carbocycles. The lowest BCUT2D eigenvalue weighted by Gasteiger charge is -2.18. The van der Waals surface area contributed by atoms with Crippen molar-refractivity contribution in [1.82, 2.24) is 0 Å². The van der Waals surface area contributed by atoms with Crippen molar-refractivity contribution in [2.75, 3.05) is 13.2 Å². The SMILES string of the molecule is CC/C=C\C/C=C\C/C=C\C/C=C\C/C=C\CCCCCCCCCCCC(=O)OCC(COC(=O)CCCCCCCCCCCCCC)OC(=O)C/C=C\C/C=C\C/C=C\C/C=C\C/C=C\CC. The van der Waals surface area contributed by atoms with Gasteiger partial charge in [0.2, 0.25) is 0 Å². The van der Waals surface area contributed by atoms with E-state index in [0.29, 0.717) is 12.8 Å². The first-order valence-corrected chi connectivity index (χ1v) is 28.5. The van der Waals surface area contributed by atoms with E-state index in [1.54, 1.807) is 6.08 Å². The van der Waals surface area contributed by atoms with Crippen LogP contribution in [0.25, 0.3) is 0 Å². The molecule has 0 radical (unpaired) electrons. The summed E-state index contributed by atoms with van der Waals surface area (Å²) < 4.78 is 16.7. The highest BCUT2D eigenvalue weighted by molar-refractivity contribution is 5.72. The largest absolute Gasteiger partial charge is 0.462 e. The van der Waals surface area contributed by atoms with Gasteiger partial charge in [0.1, 0.15) is 13.2 Å². The third kappa shape index (κ3) is 54.7. The first-order valence-electron chi connectivity index (χ1n) is 28.5. The molecule has 6 nitrogen and oxygen atoms in total. The van der Waals surface area contributed by atoms with Gasteiger partial charge in [0.15, 0.2) is 6.10 Å². The first-order chi connectivity index (χ1) is 34.5. The Labute approximate surface area is 431 Å². The van der Waals surface area contributed by atoms with Crippen LogP contribution in [0.1, 0.15) is 245 Å². The summed E-state index contributed by atoms with van der Waals surface area (Å²) in [5, 5.41) is 0. The van der Waals surface area contributed by atoms with Gasteiger partial charge in [0, 0.05) is 12.8 Å². The number of esters is 3. The third-order valence-electron chi connectivity index (χ3n) is 11.7. The molecule has 0 spiro atoms. The quantitative estimate of drug-likeness (QED) is 0.0262. The van der Waals surface area contributed by atoms with Crippen molar-refractivity contribution < 1.29 is 28.6 Å². The monoisotopic (exact) mass is 969 g/mol. The van der Waals surface area contributed by atoms with Crippen molar-refractivity contribution >= 4 is 17.9 Å². The molecule has 0 amide bonds. The van der Waals surface area contributed by atoms with Gasteiger partial charge in [-0.15, -0.1) is 0 Å². The van der Waals surface area contributed by atoms with Gasteiger partial charge in [-0.05, 0) is 89.9 Å². The second kappa shape index (κ2) is 57.4. The second-order valence-corrected chi connectivity index (χ2v) is 18.5. The highest BCUT2D eigenvalue weighted by atomic mass is 16.6. The van der Waals surface area contributed by atoms with Gasteiger partial charge in [-0.1, -0.05) is 258 Å². The summed E-state index contributed by atoms with van der Waals surface area (Å²) >= 11 is 0. The molecular weight excluding hydrogens is 865 g/mol.